The molecule has 22 heavy (non-hydrogen) atoms. The molecule has 1 aromatic rings. The van der Waals surface area contributed by atoms with Gasteiger partial charge in [-0.1, -0.05) is 11.6 Å². The molecule has 0 spiro atoms. The third kappa shape index (κ3) is 3.21. The van der Waals surface area contributed by atoms with Gasteiger partial charge in [-0.05, 0) is 18.9 Å². The molecule has 0 radical (unpaired) electrons. The Labute approximate surface area is 131 Å². The van der Waals surface area contributed by atoms with E-state index in [9.17, 15) is 28.4 Å². The zero-order chi connectivity index (χ0) is 16.5. The van der Waals surface area contributed by atoms with Crippen LogP contribution >= 0.6 is 11.6 Å². The van der Waals surface area contributed by atoms with E-state index in [4.69, 9.17) is 11.6 Å². The first-order chi connectivity index (χ1) is 10.2. The molecule has 1 aromatic carbocycles. The molecule has 1 saturated heterocycles. The number of hydrogen-bond acceptors (Lipinski definition) is 6. The zero-order valence-corrected chi connectivity index (χ0v) is 12.8. The van der Waals surface area contributed by atoms with Crippen molar-refractivity contribution in [2.24, 2.45) is 5.92 Å². The van der Waals surface area contributed by atoms with Crippen LogP contribution in [0.3, 0.4) is 0 Å². The Morgan fingerprint density at radius 3 is 2.41 bits per heavy atom. The van der Waals surface area contributed by atoms with E-state index >= 15 is 0 Å². The molecule has 120 valence electrons. The first-order valence-electron chi connectivity index (χ1n) is 6.38. The van der Waals surface area contributed by atoms with E-state index in [0.29, 0.717) is 0 Å². The number of carbonyl (C=O) groups excluding carboxylic acids is 1. The molecule has 0 saturated carbocycles. The minimum atomic E-state index is -4.01. The van der Waals surface area contributed by atoms with Gasteiger partial charge in [-0.3, -0.25) is 10.1 Å². The summed E-state index contributed by atoms with van der Waals surface area (Å²) >= 11 is 5.85. The van der Waals surface area contributed by atoms with Gasteiger partial charge in [0, 0.05) is 37.1 Å². The number of aliphatic carboxylic acids is 1. The number of nitro benzene ring substituents is 1. The fourth-order valence-electron chi connectivity index (χ4n) is 2.27. The van der Waals surface area contributed by atoms with Crippen LogP contribution in [0.1, 0.15) is 12.8 Å². The van der Waals surface area contributed by atoms with E-state index in [1.165, 1.54) is 0 Å². The summed E-state index contributed by atoms with van der Waals surface area (Å²) < 4.78 is 26.1. The fraction of sp³-hybridized carbons (Fsp3) is 0.417. The van der Waals surface area contributed by atoms with Crippen LogP contribution in [0.5, 0.6) is 0 Å². The van der Waals surface area contributed by atoms with E-state index < -0.39 is 26.8 Å². The van der Waals surface area contributed by atoms with Gasteiger partial charge in [0.25, 0.3) is 5.69 Å². The van der Waals surface area contributed by atoms with Crippen LogP contribution in [-0.2, 0) is 14.8 Å². The van der Waals surface area contributed by atoms with Crippen LogP contribution in [0.15, 0.2) is 23.1 Å². The average Bonchev–Trinajstić information content (AvgIpc) is 2.47. The number of benzene rings is 1. The van der Waals surface area contributed by atoms with Gasteiger partial charge in [-0.25, -0.2) is 8.42 Å². The zero-order valence-electron chi connectivity index (χ0n) is 11.3. The Hall–Kier alpha value is -1.71. The minimum absolute atomic E-state index is 0.000000787. The van der Waals surface area contributed by atoms with E-state index in [1.807, 2.05) is 0 Å². The van der Waals surface area contributed by atoms with Crippen molar-refractivity contribution in [1.82, 2.24) is 4.31 Å². The molecule has 2 rings (SSSR count). The van der Waals surface area contributed by atoms with Crippen molar-refractivity contribution in [3.05, 3.63) is 33.3 Å². The summed E-state index contributed by atoms with van der Waals surface area (Å²) in [6.07, 6.45) is 0.266. The van der Waals surface area contributed by atoms with Crippen molar-refractivity contribution in [2.45, 2.75) is 17.7 Å². The van der Waals surface area contributed by atoms with Gasteiger partial charge in [-0.2, -0.15) is 4.31 Å². The maximum Gasteiger partial charge on any atom is 0.270 e. The van der Waals surface area contributed by atoms with E-state index in [2.05, 4.69) is 0 Å². The molecule has 1 aliphatic rings. The molecule has 0 amide bonds. The SMILES string of the molecule is O=C([O-])C1CCN(S(=O)(=O)c2cc([N+](=O)[O-])ccc2Cl)CC1. The van der Waals surface area contributed by atoms with Gasteiger partial charge in [-0.15, -0.1) is 0 Å². The number of piperidine rings is 1. The van der Waals surface area contributed by atoms with Crippen molar-refractivity contribution < 1.29 is 23.2 Å². The number of nitrogens with zero attached hydrogens (tertiary/aromatic N) is 2. The largest absolute Gasteiger partial charge is 0.550 e. The third-order valence-electron chi connectivity index (χ3n) is 3.53. The normalized spacial score (nSPS) is 17.3. The molecule has 1 aliphatic heterocycles. The molecule has 0 aromatic heterocycles. The molecule has 0 aliphatic carbocycles. The maximum atomic E-state index is 12.5. The minimum Gasteiger partial charge on any atom is -0.550 e. The van der Waals surface area contributed by atoms with Crippen LogP contribution in [0.25, 0.3) is 0 Å². The Bertz CT molecular complexity index is 712. The summed E-state index contributed by atoms with van der Waals surface area (Å²) in [5.74, 6) is -1.89. The molecular formula is C12H12ClN2O6S-. The van der Waals surface area contributed by atoms with Crippen LogP contribution in [0, 0.1) is 16.0 Å². The first-order valence-corrected chi connectivity index (χ1v) is 8.20. The highest BCUT2D eigenvalue weighted by Gasteiger charge is 2.32. The second kappa shape index (κ2) is 6.19. The molecule has 0 bridgehead atoms. The Balaban J connectivity index is 2.30. The summed E-state index contributed by atoms with van der Waals surface area (Å²) in [4.78, 5) is 20.5. The third-order valence-corrected chi connectivity index (χ3v) is 5.91. The smallest absolute Gasteiger partial charge is 0.270 e. The van der Waals surface area contributed by atoms with Gasteiger partial charge >= 0.3 is 0 Å². The topological polar surface area (TPSA) is 121 Å². The number of halogens is 1. The lowest BCUT2D eigenvalue weighted by Gasteiger charge is -2.31. The van der Waals surface area contributed by atoms with Gasteiger partial charge in [0.1, 0.15) is 4.90 Å². The monoisotopic (exact) mass is 347 g/mol. The van der Waals surface area contributed by atoms with Crippen LogP contribution < -0.4 is 5.11 Å². The van der Waals surface area contributed by atoms with Gasteiger partial charge in [0.05, 0.1) is 9.95 Å². The highest BCUT2D eigenvalue weighted by molar-refractivity contribution is 7.89. The second-order valence-electron chi connectivity index (χ2n) is 4.87. The van der Waals surface area contributed by atoms with Gasteiger partial charge in [0.2, 0.25) is 10.0 Å². The molecular weight excluding hydrogens is 336 g/mol. The van der Waals surface area contributed by atoms with Crippen molar-refractivity contribution in [2.75, 3.05) is 13.1 Å². The molecule has 0 unspecified atom stereocenters. The van der Waals surface area contributed by atoms with Crippen LogP contribution in [0.2, 0.25) is 5.02 Å². The van der Waals surface area contributed by atoms with E-state index in [-0.39, 0.29) is 41.5 Å². The second-order valence-corrected chi connectivity index (χ2v) is 7.18. The van der Waals surface area contributed by atoms with Crippen molar-refractivity contribution >= 4 is 33.3 Å². The molecule has 1 fully saturated rings. The number of rotatable bonds is 4. The number of nitro groups is 1. The molecule has 10 heteroatoms. The molecule has 0 N–H and O–H groups in total. The molecule has 8 nitrogen and oxygen atoms in total. The maximum absolute atomic E-state index is 12.5. The van der Waals surface area contributed by atoms with E-state index in [1.54, 1.807) is 0 Å². The molecule has 0 atom stereocenters. The van der Waals surface area contributed by atoms with Gasteiger partial charge in [0.15, 0.2) is 0 Å². The Morgan fingerprint density at radius 1 is 1.32 bits per heavy atom. The predicted octanol–water partition coefficient (Wildman–Crippen LogP) is 0.399. The lowest BCUT2D eigenvalue weighted by Crippen LogP contribution is -2.43. The molecule has 1 heterocycles. The van der Waals surface area contributed by atoms with Crippen LogP contribution in [0.4, 0.5) is 5.69 Å². The van der Waals surface area contributed by atoms with Crippen LogP contribution in [-0.4, -0.2) is 36.7 Å². The summed E-state index contributed by atoms with van der Waals surface area (Å²) in [6.45, 7) is 0.00000157. The van der Waals surface area contributed by atoms with Crippen molar-refractivity contribution in [3.8, 4) is 0 Å². The summed E-state index contributed by atoms with van der Waals surface area (Å²) in [6, 6.07) is 3.17. The summed E-state index contributed by atoms with van der Waals surface area (Å²) in [5.41, 5.74) is -0.382. The number of carboxylic acid groups (broad SMARTS) is 1. The number of hydrogen-bond donors (Lipinski definition) is 0. The van der Waals surface area contributed by atoms with Crippen molar-refractivity contribution in [1.29, 1.82) is 0 Å². The predicted molar refractivity (Wildman–Crippen MR) is 74.6 cm³/mol. The fourth-order valence-corrected chi connectivity index (χ4v) is 4.24. The van der Waals surface area contributed by atoms with Crippen molar-refractivity contribution in [3.63, 3.8) is 0 Å². The lowest BCUT2D eigenvalue weighted by molar-refractivity contribution is -0.385. The first kappa shape index (κ1) is 16.7. The summed E-state index contributed by atoms with van der Waals surface area (Å²) in [5, 5.41) is 21.4. The Morgan fingerprint density at radius 2 is 1.91 bits per heavy atom. The number of carbonyl (C=O) groups is 1. The standard InChI is InChI=1S/C12H13ClN2O6S/c13-10-2-1-9(15(18)19)7-11(10)22(20,21)14-5-3-8(4-6-14)12(16)17/h1-2,7-8H,3-6H2,(H,16,17)/p-1. The highest BCUT2D eigenvalue weighted by Crippen LogP contribution is 2.30. The van der Waals surface area contributed by atoms with E-state index in [0.717, 1.165) is 22.5 Å². The summed E-state index contributed by atoms with van der Waals surface area (Å²) in [7, 11) is -4.01. The number of carboxylic acids is 1. The number of non-ortho nitro benzene ring substituents is 1. The number of sulfonamides is 1. The quantitative estimate of drug-likeness (QED) is 0.574. The highest BCUT2D eigenvalue weighted by atomic mass is 35.5. The average molecular weight is 348 g/mol. The van der Waals surface area contributed by atoms with Gasteiger partial charge < -0.3 is 9.90 Å². The lowest BCUT2D eigenvalue weighted by atomic mass is 9.99. The Kier molecular flexibility index (Phi) is 4.69.